The van der Waals surface area contributed by atoms with E-state index in [0.29, 0.717) is 0 Å². The first-order valence-corrected chi connectivity index (χ1v) is 8.84. The molecule has 2 rings (SSSR count). The molecule has 0 fully saturated rings. The summed E-state index contributed by atoms with van der Waals surface area (Å²) in [6.07, 6.45) is 1.87. The fourth-order valence-electron chi connectivity index (χ4n) is 2.75. The largest absolute Gasteiger partial charge is 1.00 e. The van der Waals surface area contributed by atoms with Crippen molar-refractivity contribution >= 4 is 11.9 Å². The van der Waals surface area contributed by atoms with Crippen molar-refractivity contribution in [2.24, 2.45) is 11.8 Å². The Labute approximate surface area is 212 Å². The molecule has 0 aliphatic carbocycles. The minimum absolute atomic E-state index is 0. The van der Waals surface area contributed by atoms with Gasteiger partial charge in [-0.3, -0.25) is 0 Å². The van der Waals surface area contributed by atoms with Gasteiger partial charge in [-0.2, -0.15) is 0 Å². The van der Waals surface area contributed by atoms with Crippen LogP contribution < -0.4 is 69.3 Å². The molecule has 0 saturated carbocycles. The van der Waals surface area contributed by atoms with E-state index in [1.807, 2.05) is 74.5 Å². The quantitative estimate of drug-likeness (QED) is 0.424. The van der Waals surface area contributed by atoms with Crippen LogP contribution in [0.3, 0.4) is 0 Å². The number of carboxylic acid groups (broad SMARTS) is 2. The molecule has 28 heavy (non-hydrogen) atoms. The Hall–Kier alpha value is -0.620. The van der Waals surface area contributed by atoms with Crippen LogP contribution in [-0.4, -0.2) is 11.9 Å². The summed E-state index contributed by atoms with van der Waals surface area (Å²) in [4.78, 5) is 20.6. The topological polar surface area (TPSA) is 80.3 Å². The third-order valence-electron chi connectivity index (χ3n) is 3.88. The standard InChI is InChI=1S/2C11H14O2.2Na/c2*1-9(8-11(12)13)7-10-5-3-2-4-6-10;;/h2*2-6,9H,7-8H2,1H3,(H,12,13);;/q;;2*+1/p-2. The minimum atomic E-state index is -0.969. The predicted molar refractivity (Wildman–Crippen MR) is 97.9 cm³/mol. The van der Waals surface area contributed by atoms with Gasteiger partial charge in [0.25, 0.3) is 0 Å². The van der Waals surface area contributed by atoms with E-state index in [4.69, 9.17) is 0 Å². The summed E-state index contributed by atoms with van der Waals surface area (Å²) in [7, 11) is 0. The van der Waals surface area contributed by atoms with E-state index in [0.717, 1.165) is 12.8 Å². The average Bonchev–Trinajstić information content (AvgIpc) is 2.55. The van der Waals surface area contributed by atoms with Crippen molar-refractivity contribution in [3.8, 4) is 0 Å². The molecule has 0 radical (unpaired) electrons. The maximum absolute atomic E-state index is 10.3. The van der Waals surface area contributed by atoms with Crippen LogP contribution in [0.4, 0.5) is 0 Å². The van der Waals surface area contributed by atoms with Crippen molar-refractivity contribution in [1.82, 2.24) is 0 Å². The monoisotopic (exact) mass is 400 g/mol. The molecule has 0 N–H and O–H groups in total. The molecule has 2 unspecified atom stereocenters. The van der Waals surface area contributed by atoms with Crippen LogP contribution in [-0.2, 0) is 22.4 Å². The molecular formula is C22H26Na2O4. The fraction of sp³-hybridized carbons (Fsp3) is 0.364. The van der Waals surface area contributed by atoms with Crippen LogP contribution in [0.5, 0.6) is 0 Å². The number of aliphatic carboxylic acids is 2. The van der Waals surface area contributed by atoms with Gasteiger partial charge in [0.15, 0.2) is 0 Å². The summed E-state index contributed by atoms with van der Waals surface area (Å²) in [6.45, 7) is 3.84. The number of hydrogen-bond donors (Lipinski definition) is 0. The van der Waals surface area contributed by atoms with Crippen molar-refractivity contribution in [2.75, 3.05) is 0 Å². The van der Waals surface area contributed by atoms with Gasteiger partial charge in [0.1, 0.15) is 0 Å². The average molecular weight is 400 g/mol. The number of rotatable bonds is 8. The van der Waals surface area contributed by atoms with Gasteiger partial charge >= 0.3 is 59.1 Å². The molecule has 0 aliphatic rings. The zero-order chi connectivity index (χ0) is 19.4. The zero-order valence-electron chi connectivity index (χ0n) is 17.4. The van der Waals surface area contributed by atoms with Gasteiger partial charge < -0.3 is 19.8 Å². The SMILES string of the molecule is CC(CC(=O)[O-])Cc1ccccc1.CC(CC(=O)[O-])Cc1ccccc1.[Na+].[Na+]. The van der Waals surface area contributed by atoms with Gasteiger partial charge in [0.05, 0.1) is 0 Å². The Kier molecular flexibility index (Phi) is 18.2. The normalized spacial score (nSPS) is 11.5. The van der Waals surface area contributed by atoms with Gasteiger partial charge in [-0.1, -0.05) is 74.5 Å². The first kappa shape index (κ1) is 29.6. The number of carbonyl (C=O) groups excluding carboxylic acids is 2. The minimum Gasteiger partial charge on any atom is -0.550 e. The molecule has 0 amide bonds. The Morgan fingerprint density at radius 2 is 0.964 bits per heavy atom. The predicted octanol–water partition coefficient (Wildman–Crippen LogP) is -3.98. The van der Waals surface area contributed by atoms with Crippen molar-refractivity contribution in [3.63, 3.8) is 0 Å². The third-order valence-corrected chi connectivity index (χ3v) is 3.88. The maximum atomic E-state index is 10.3. The molecular weight excluding hydrogens is 374 g/mol. The molecule has 6 heteroatoms. The van der Waals surface area contributed by atoms with E-state index in [-0.39, 0.29) is 83.8 Å². The van der Waals surface area contributed by atoms with Crippen LogP contribution in [0.1, 0.15) is 37.8 Å². The second kappa shape index (κ2) is 17.3. The Morgan fingerprint density at radius 3 is 1.21 bits per heavy atom. The molecule has 0 saturated heterocycles. The van der Waals surface area contributed by atoms with E-state index in [2.05, 4.69) is 0 Å². The molecule has 4 nitrogen and oxygen atoms in total. The van der Waals surface area contributed by atoms with Crippen molar-refractivity contribution < 1.29 is 78.9 Å². The molecule has 0 aliphatic heterocycles. The Bertz CT molecular complexity index is 603. The van der Waals surface area contributed by atoms with E-state index < -0.39 is 11.9 Å². The van der Waals surface area contributed by atoms with E-state index >= 15 is 0 Å². The van der Waals surface area contributed by atoms with Gasteiger partial charge in [0.2, 0.25) is 0 Å². The Balaban J connectivity index is 0. The molecule has 140 valence electrons. The number of benzene rings is 2. The molecule has 0 spiro atoms. The van der Waals surface area contributed by atoms with Gasteiger partial charge in [-0.05, 0) is 48.6 Å². The van der Waals surface area contributed by atoms with E-state index in [9.17, 15) is 19.8 Å². The zero-order valence-corrected chi connectivity index (χ0v) is 21.4. The first-order valence-electron chi connectivity index (χ1n) is 8.84. The van der Waals surface area contributed by atoms with Gasteiger partial charge in [-0.15, -0.1) is 0 Å². The maximum Gasteiger partial charge on any atom is 1.00 e. The Morgan fingerprint density at radius 1 is 0.679 bits per heavy atom. The number of carboxylic acids is 2. The smallest absolute Gasteiger partial charge is 0.550 e. The van der Waals surface area contributed by atoms with Crippen LogP contribution in [0.15, 0.2) is 60.7 Å². The summed E-state index contributed by atoms with van der Waals surface area (Å²) >= 11 is 0. The van der Waals surface area contributed by atoms with E-state index in [1.54, 1.807) is 0 Å². The van der Waals surface area contributed by atoms with Crippen molar-refractivity contribution in [2.45, 2.75) is 39.5 Å². The summed E-state index contributed by atoms with van der Waals surface area (Å²) in [6, 6.07) is 19.8. The molecule has 0 bridgehead atoms. The molecule has 0 aromatic heterocycles. The third kappa shape index (κ3) is 15.3. The van der Waals surface area contributed by atoms with Crippen molar-refractivity contribution in [3.05, 3.63) is 71.8 Å². The summed E-state index contributed by atoms with van der Waals surface area (Å²) < 4.78 is 0. The summed E-state index contributed by atoms with van der Waals surface area (Å²) in [5, 5.41) is 20.6. The van der Waals surface area contributed by atoms with Gasteiger partial charge in [0, 0.05) is 11.9 Å². The molecule has 2 aromatic rings. The van der Waals surface area contributed by atoms with Crippen LogP contribution in [0.25, 0.3) is 0 Å². The van der Waals surface area contributed by atoms with Crippen molar-refractivity contribution in [1.29, 1.82) is 0 Å². The summed E-state index contributed by atoms with van der Waals surface area (Å²) in [5.41, 5.74) is 2.35. The number of carbonyl (C=O) groups is 2. The van der Waals surface area contributed by atoms with Crippen LogP contribution >= 0.6 is 0 Å². The number of hydrogen-bond acceptors (Lipinski definition) is 4. The van der Waals surface area contributed by atoms with E-state index in [1.165, 1.54) is 11.1 Å². The van der Waals surface area contributed by atoms with Crippen LogP contribution in [0.2, 0.25) is 0 Å². The first-order chi connectivity index (χ1) is 12.4. The second-order valence-corrected chi connectivity index (χ2v) is 6.74. The summed E-state index contributed by atoms with van der Waals surface area (Å²) in [5.74, 6) is -1.65. The molecule has 0 heterocycles. The second-order valence-electron chi connectivity index (χ2n) is 6.74. The molecule has 2 atom stereocenters. The van der Waals surface area contributed by atoms with Gasteiger partial charge in [-0.25, -0.2) is 0 Å². The fourth-order valence-corrected chi connectivity index (χ4v) is 2.75. The van der Waals surface area contributed by atoms with Crippen LogP contribution in [0, 0.1) is 11.8 Å². The molecule has 2 aromatic carbocycles.